The zero-order valence-corrected chi connectivity index (χ0v) is 9.71. The number of aryl methyl sites for hydroxylation is 1. The second-order valence-electron chi connectivity index (χ2n) is 4.76. The Morgan fingerprint density at radius 1 is 1.40 bits per heavy atom. The Morgan fingerprint density at radius 2 is 2.07 bits per heavy atom. The Hall–Kier alpha value is -1.02. The summed E-state index contributed by atoms with van der Waals surface area (Å²) in [5, 5.41) is 0. The maximum Gasteiger partial charge on any atom is 0.124 e. The van der Waals surface area contributed by atoms with Crippen LogP contribution in [0.4, 0.5) is 0 Å². The topological polar surface area (TPSA) is 35.2 Å². The highest BCUT2D eigenvalue weighted by molar-refractivity contribution is 5.42. The summed E-state index contributed by atoms with van der Waals surface area (Å²) in [5.74, 6) is 1.54. The van der Waals surface area contributed by atoms with Gasteiger partial charge in [-0.2, -0.15) is 0 Å². The van der Waals surface area contributed by atoms with Gasteiger partial charge in [0.25, 0.3) is 0 Å². The number of hydrogen-bond donors (Lipinski definition) is 1. The van der Waals surface area contributed by atoms with Crippen molar-refractivity contribution in [2.24, 2.45) is 11.7 Å². The standard InChI is InChI=1S/C13H19NO/c1-9-4-7-11(12(8-9)15-3)13(2,14)10-5-6-10/h4,7-8,10H,5-6,14H2,1-3H3. The van der Waals surface area contributed by atoms with Crippen molar-refractivity contribution in [3.8, 4) is 5.75 Å². The molecule has 1 saturated carbocycles. The minimum absolute atomic E-state index is 0.237. The first-order valence-corrected chi connectivity index (χ1v) is 5.49. The first-order valence-electron chi connectivity index (χ1n) is 5.49. The van der Waals surface area contributed by atoms with Crippen LogP contribution in [0.2, 0.25) is 0 Å². The van der Waals surface area contributed by atoms with Gasteiger partial charge in [-0.25, -0.2) is 0 Å². The fourth-order valence-corrected chi connectivity index (χ4v) is 2.15. The summed E-state index contributed by atoms with van der Waals surface area (Å²) in [6.45, 7) is 4.18. The summed E-state index contributed by atoms with van der Waals surface area (Å²) in [7, 11) is 1.71. The predicted molar refractivity (Wildman–Crippen MR) is 62.0 cm³/mol. The third-order valence-corrected chi connectivity index (χ3v) is 3.36. The van der Waals surface area contributed by atoms with Crippen LogP contribution in [0.5, 0.6) is 5.75 Å². The van der Waals surface area contributed by atoms with Crippen LogP contribution in [0.1, 0.15) is 30.9 Å². The molecule has 2 N–H and O–H groups in total. The van der Waals surface area contributed by atoms with Crippen LogP contribution < -0.4 is 10.5 Å². The van der Waals surface area contributed by atoms with E-state index in [2.05, 4.69) is 32.0 Å². The minimum Gasteiger partial charge on any atom is -0.496 e. The molecule has 1 aliphatic carbocycles. The molecule has 0 saturated heterocycles. The monoisotopic (exact) mass is 205 g/mol. The number of ether oxygens (including phenoxy) is 1. The van der Waals surface area contributed by atoms with Crippen molar-refractivity contribution in [3.63, 3.8) is 0 Å². The van der Waals surface area contributed by atoms with Crippen LogP contribution in [-0.4, -0.2) is 7.11 Å². The van der Waals surface area contributed by atoms with E-state index in [0.29, 0.717) is 5.92 Å². The van der Waals surface area contributed by atoms with Crippen molar-refractivity contribution in [2.75, 3.05) is 7.11 Å². The van der Waals surface area contributed by atoms with Crippen LogP contribution in [0.3, 0.4) is 0 Å². The molecule has 0 spiro atoms. The molecule has 15 heavy (non-hydrogen) atoms. The lowest BCUT2D eigenvalue weighted by Crippen LogP contribution is -2.35. The van der Waals surface area contributed by atoms with Crippen molar-refractivity contribution in [1.82, 2.24) is 0 Å². The predicted octanol–water partition coefficient (Wildman–Crippen LogP) is 2.59. The summed E-state index contributed by atoms with van der Waals surface area (Å²) in [4.78, 5) is 0. The first kappa shape index (κ1) is 10.5. The molecule has 1 atom stereocenters. The van der Waals surface area contributed by atoms with E-state index in [-0.39, 0.29) is 5.54 Å². The fraction of sp³-hybridized carbons (Fsp3) is 0.538. The lowest BCUT2D eigenvalue weighted by molar-refractivity contribution is 0.368. The van der Waals surface area contributed by atoms with E-state index < -0.39 is 0 Å². The van der Waals surface area contributed by atoms with Gasteiger partial charge in [0.15, 0.2) is 0 Å². The van der Waals surface area contributed by atoms with Crippen LogP contribution in [0.25, 0.3) is 0 Å². The minimum atomic E-state index is -0.237. The Morgan fingerprint density at radius 3 is 2.60 bits per heavy atom. The van der Waals surface area contributed by atoms with Crippen molar-refractivity contribution >= 4 is 0 Å². The summed E-state index contributed by atoms with van der Waals surface area (Å²) < 4.78 is 5.41. The van der Waals surface area contributed by atoms with E-state index in [1.807, 2.05) is 0 Å². The number of rotatable bonds is 3. The molecule has 1 aromatic carbocycles. The second kappa shape index (κ2) is 3.53. The first-order chi connectivity index (χ1) is 7.05. The number of hydrogen-bond acceptors (Lipinski definition) is 2. The lowest BCUT2D eigenvalue weighted by Gasteiger charge is -2.27. The average molecular weight is 205 g/mol. The van der Waals surface area contributed by atoms with Gasteiger partial charge in [0, 0.05) is 11.1 Å². The third kappa shape index (κ3) is 1.86. The van der Waals surface area contributed by atoms with Crippen molar-refractivity contribution in [1.29, 1.82) is 0 Å². The lowest BCUT2D eigenvalue weighted by atomic mass is 9.87. The molecule has 2 heteroatoms. The number of methoxy groups -OCH3 is 1. The number of nitrogens with two attached hydrogens (primary N) is 1. The van der Waals surface area contributed by atoms with Crippen LogP contribution >= 0.6 is 0 Å². The van der Waals surface area contributed by atoms with Gasteiger partial charge in [-0.15, -0.1) is 0 Å². The molecule has 0 aliphatic heterocycles. The van der Waals surface area contributed by atoms with Gasteiger partial charge >= 0.3 is 0 Å². The molecule has 1 aromatic rings. The SMILES string of the molecule is COc1cc(C)ccc1C(C)(N)C1CC1. The Kier molecular flexibility index (Phi) is 2.47. The Bertz CT molecular complexity index is 367. The molecule has 0 aromatic heterocycles. The Balaban J connectivity index is 2.42. The molecule has 0 bridgehead atoms. The van der Waals surface area contributed by atoms with E-state index in [4.69, 9.17) is 10.5 Å². The van der Waals surface area contributed by atoms with Crippen LogP contribution in [-0.2, 0) is 5.54 Å². The molecule has 0 heterocycles. The van der Waals surface area contributed by atoms with E-state index in [1.165, 1.54) is 18.4 Å². The molecule has 82 valence electrons. The maximum absolute atomic E-state index is 6.39. The van der Waals surface area contributed by atoms with Gasteiger partial charge in [0.1, 0.15) is 5.75 Å². The molecule has 2 nitrogen and oxygen atoms in total. The summed E-state index contributed by atoms with van der Waals surface area (Å²) in [6.07, 6.45) is 2.48. The quantitative estimate of drug-likeness (QED) is 0.823. The highest BCUT2D eigenvalue weighted by Crippen LogP contribution is 2.46. The van der Waals surface area contributed by atoms with Gasteiger partial charge in [-0.3, -0.25) is 0 Å². The summed E-state index contributed by atoms with van der Waals surface area (Å²) in [6, 6.07) is 6.26. The highest BCUT2D eigenvalue weighted by atomic mass is 16.5. The average Bonchev–Trinajstić information content (AvgIpc) is 3.00. The van der Waals surface area contributed by atoms with E-state index in [1.54, 1.807) is 7.11 Å². The zero-order valence-electron chi connectivity index (χ0n) is 9.71. The zero-order chi connectivity index (χ0) is 11.1. The van der Waals surface area contributed by atoms with E-state index in [9.17, 15) is 0 Å². The summed E-state index contributed by atoms with van der Waals surface area (Å²) >= 11 is 0. The van der Waals surface area contributed by atoms with Crippen LogP contribution in [0, 0.1) is 12.8 Å². The third-order valence-electron chi connectivity index (χ3n) is 3.36. The van der Waals surface area contributed by atoms with E-state index in [0.717, 1.165) is 11.3 Å². The number of benzene rings is 1. The van der Waals surface area contributed by atoms with Crippen LogP contribution in [0.15, 0.2) is 18.2 Å². The highest BCUT2D eigenvalue weighted by Gasteiger charge is 2.41. The Labute approximate surface area is 91.4 Å². The van der Waals surface area contributed by atoms with Gasteiger partial charge in [-0.05, 0) is 44.2 Å². The second-order valence-corrected chi connectivity index (χ2v) is 4.76. The fourth-order valence-electron chi connectivity index (χ4n) is 2.15. The molecule has 0 amide bonds. The molecule has 1 unspecified atom stereocenters. The van der Waals surface area contributed by atoms with Gasteiger partial charge in [-0.1, -0.05) is 12.1 Å². The normalized spacial score (nSPS) is 19.7. The molecule has 1 fully saturated rings. The van der Waals surface area contributed by atoms with Gasteiger partial charge in [0.2, 0.25) is 0 Å². The smallest absolute Gasteiger partial charge is 0.124 e. The van der Waals surface area contributed by atoms with Crippen molar-refractivity contribution in [3.05, 3.63) is 29.3 Å². The van der Waals surface area contributed by atoms with E-state index >= 15 is 0 Å². The largest absolute Gasteiger partial charge is 0.496 e. The molecular weight excluding hydrogens is 186 g/mol. The van der Waals surface area contributed by atoms with Gasteiger partial charge < -0.3 is 10.5 Å². The van der Waals surface area contributed by atoms with Crippen molar-refractivity contribution in [2.45, 2.75) is 32.2 Å². The molecule has 0 radical (unpaired) electrons. The molecular formula is C13H19NO. The van der Waals surface area contributed by atoms with Gasteiger partial charge in [0.05, 0.1) is 7.11 Å². The molecule has 2 rings (SSSR count). The molecule has 1 aliphatic rings. The maximum atomic E-state index is 6.39. The summed E-state index contributed by atoms with van der Waals surface area (Å²) in [5.41, 5.74) is 8.50. The van der Waals surface area contributed by atoms with Crippen molar-refractivity contribution < 1.29 is 4.74 Å².